The molecule has 9 rings (SSSR count). The summed E-state index contributed by atoms with van der Waals surface area (Å²) in [6.07, 6.45) is 8.41. The first kappa shape index (κ1) is 97.4. The summed E-state index contributed by atoms with van der Waals surface area (Å²) in [5.74, 6) is -2.30. The SMILES string of the molecule is CCCN(CCC)C(=O)C1=Cc2ccc(-c3cccc(S(=O)(=O)NCCO)c3)cc2N=C(C[B]C=O)C1.CCCN(CCC)C(=O)C1=Cc2ccc(-c3cccc(S(=O)(=O)NCCO)c3)cc2N=C(N)C1.CCCN(CCC)C(=O)C1=Cc2ccc(Br)cc2N=C(C)C1.O=C(O)C(F)(F)F.O=S(=O)(NCCO)c1cccc(B(O)O)c1. The van der Waals surface area contributed by atoms with Gasteiger partial charge in [0.15, 0.2) is 0 Å². The third-order valence-electron chi connectivity index (χ3n) is 17.1. The van der Waals surface area contributed by atoms with Crippen LogP contribution in [0.15, 0.2) is 178 Å². The lowest BCUT2D eigenvalue weighted by Gasteiger charge is -2.23. The number of fused-ring (bicyclic) bond motifs is 3. The normalized spacial score (nSPS) is 13.0. The van der Waals surface area contributed by atoms with Gasteiger partial charge in [-0.1, -0.05) is 124 Å². The summed E-state index contributed by atoms with van der Waals surface area (Å²) < 4.78 is 113. The van der Waals surface area contributed by atoms with E-state index in [-0.39, 0.29) is 83.7 Å². The zero-order chi connectivity index (χ0) is 85.9. The molecule has 27 nitrogen and oxygen atoms in total. The zero-order valence-electron chi connectivity index (χ0n) is 65.8. The van der Waals surface area contributed by atoms with Gasteiger partial charge in [0.1, 0.15) is 5.84 Å². The van der Waals surface area contributed by atoms with Crippen LogP contribution in [0.3, 0.4) is 0 Å². The fraction of sp³-hybridized carbons (Fsp3) is 0.375. The van der Waals surface area contributed by atoms with E-state index in [1.807, 2.05) is 134 Å². The molecule has 3 aliphatic heterocycles. The van der Waals surface area contributed by atoms with Crippen molar-refractivity contribution in [2.75, 3.05) is 78.7 Å². The highest BCUT2D eigenvalue weighted by molar-refractivity contribution is 9.10. The Kier molecular flexibility index (Phi) is 40.2. The van der Waals surface area contributed by atoms with E-state index < -0.39 is 49.3 Å². The van der Waals surface area contributed by atoms with Gasteiger partial charge in [-0.3, -0.25) is 24.4 Å². The second-order valence-electron chi connectivity index (χ2n) is 26.5. The van der Waals surface area contributed by atoms with Crippen LogP contribution in [-0.4, -0.2) is 217 Å². The first-order valence-electron chi connectivity index (χ1n) is 37.6. The molecule has 0 saturated carbocycles. The number of benzene rings is 6. The highest BCUT2D eigenvalue weighted by atomic mass is 79.9. The number of amidine groups is 1. The fourth-order valence-corrected chi connectivity index (χ4v) is 15.4. The number of hydrogen-bond donors (Lipinski definition) is 10. The van der Waals surface area contributed by atoms with Crippen molar-refractivity contribution in [3.8, 4) is 22.3 Å². The van der Waals surface area contributed by atoms with Crippen molar-refractivity contribution in [2.45, 2.75) is 133 Å². The van der Waals surface area contributed by atoms with Crippen LogP contribution in [0.4, 0.5) is 30.2 Å². The molecule has 0 unspecified atom stereocenters. The van der Waals surface area contributed by atoms with Crippen molar-refractivity contribution in [1.29, 1.82) is 0 Å². The van der Waals surface area contributed by atoms with Crippen LogP contribution in [0, 0.1) is 0 Å². The Morgan fingerprint density at radius 2 is 0.871 bits per heavy atom. The van der Waals surface area contributed by atoms with Crippen molar-refractivity contribution in [1.82, 2.24) is 28.9 Å². The van der Waals surface area contributed by atoms with Crippen LogP contribution in [0.5, 0.6) is 0 Å². The molecule has 11 N–H and O–H groups in total. The molecule has 0 aliphatic carbocycles. The van der Waals surface area contributed by atoms with Gasteiger partial charge in [0.25, 0.3) is 0 Å². The van der Waals surface area contributed by atoms with Gasteiger partial charge >= 0.3 is 19.3 Å². The quantitative estimate of drug-likeness (QED) is 0.0135. The lowest BCUT2D eigenvalue weighted by molar-refractivity contribution is -0.192. The molecule has 0 bridgehead atoms. The largest absolute Gasteiger partial charge is 0.490 e. The van der Waals surface area contributed by atoms with Gasteiger partial charge in [0, 0.05) is 127 Å². The maximum atomic E-state index is 13.4. The molecule has 0 aromatic heterocycles. The summed E-state index contributed by atoms with van der Waals surface area (Å²) in [6.45, 7) is 17.7. The van der Waals surface area contributed by atoms with E-state index >= 15 is 0 Å². The Morgan fingerprint density at radius 1 is 0.517 bits per heavy atom. The summed E-state index contributed by atoms with van der Waals surface area (Å²) in [6, 6.07) is 35.6. The molecule has 6 aromatic rings. The number of nitrogens with two attached hydrogens (primary N) is 1. The highest BCUT2D eigenvalue weighted by Crippen LogP contribution is 2.37. The van der Waals surface area contributed by atoms with E-state index in [9.17, 15) is 57.6 Å². The lowest BCUT2D eigenvalue weighted by Crippen LogP contribution is -2.34. The average molecular weight is 1730 g/mol. The number of aliphatic imine (C=N–C) groups is 3. The van der Waals surface area contributed by atoms with Crippen LogP contribution in [-0.2, 0) is 54.0 Å². The first-order chi connectivity index (χ1) is 55.1. The Labute approximate surface area is 686 Å². The summed E-state index contributed by atoms with van der Waals surface area (Å²) in [5.41, 5.74) is 17.7. The number of rotatable bonds is 33. The number of nitrogens with one attached hydrogen (secondary N) is 3. The molecule has 0 fully saturated rings. The molecular formula is C80H101B2BrF3N10O17S3. The van der Waals surface area contributed by atoms with Gasteiger partial charge in [0.05, 0.1) is 57.8 Å². The highest BCUT2D eigenvalue weighted by Gasteiger charge is 2.38. The standard InChI is InChI=1S/C27H33BN3O5S.C25H32N4O4S.C18H23BrN2O.C8H12BNO5S.C2HF3O2/c1-3-11-31(12-4-2)27(34)23-14-22-9-8-21(17-26(22)30-24(15-23)18-28-19-33)20-6-5-7-25(16-20)37(35,36)29-10-13-32;1-3-11-29(12-4-2)25(31)21-14-20-9-8-19(16-23(20)28-24(26)17-21)18-6-5-7-22(15-18)34(32,33)27-10-13-30;1-4-8-21(9-5-2)18(22)15-10-13(3)20-17-12-16(19)7-6-14(17)11-15;11-5-4-10-16(14,15)8-3-1-2-7(6-8)9(12)13;3-2(4,5)1(6)7/h5-9,14,16-17,19,29,32H,3-4,10-13,15,18H2,1-2H3;5-9,14-16,27,30H,3-4,10-13,17H2,1-2H3,(H2,26,28);6-7,11-12H,4-5,8-10H2,1-3H3;1-3,6,10-13H,4-5H2;(H,6,7). The van der Waals surface area contributed by atoms with Gasteiger partial charge < -0.3 is 55.7 Å². The number of nitrogens with zero attached hydrogens (tertiary/aromatic N) is 6. The smallest absolute Gasteiger partial charge is 0.475 e. The van der Waals surface area contributed by atoms with E-state index in [4.69, 9.17) is 46.0 Å². The predicted molar refractivity (Wildman–Crippen MR) is 452 cm³/mol. The summed E-state index contributed by atoms with van der Waals surface area (Å²) in [7, 11) is -11.4. The number of aliphatic hydroxyl groups excluding tert-OH is 3. The van der Waals surface area contributed by atoms with Crippen molar-refractivity contribution in [3.63, 3.8) is 0 Å². The van der Waals surface area contributed by atoms with Gasteiger partial charge in [-0.05, 0) is 158 Å². The molecular weight excluding hydrogens is 1630 g/mol. The minimum Gasteiger partial charge on any atom is -0.475 e. The van der Waals surface area contributed by atoms with Crippen LogP contribution < -0.4 is 25.4 Å². The molecule has 0 atom stereocenters. The number of amides is 3. The Hall–Kier alpha value is -9.17. The summed E-state index contributed by atoms with van der Waals surface area (Å²) >= 11 is 3.48. The van der Waals surface area contributed by atoms with Gasteiger partial charge in [-0.25, -0.2) is 49.2 Å². The molecule has 36 heteroatoms. The number of halogens is 4. The number of carbonyl (C=O) groups is 5. The van der Waals surface area contributed by atoms with Crippen LogP contribution in [0.1, 0.15) is 123 Å². The molecule has 3 aliphatic rings. The number of alkyl halides is 3. The van der Waals surface area contributed by atoms with Crippen LogP contribution >= 0.6 is 15.9 Å². The fourth-order valence-electron chi connectivity index (χ4n) is 11.9. The van der Waals surface area contributed by atoms with Crippen molar-refractivity contribution in [3.05, 3.63) is 165 Å². The minimum absolute atomic E-state index is 0.0206. The van der Waals surface area contributed by atoms with Crippen LogP contribution in [0.25, 0.3) is 40.5 Å². The number of hydrogen-bond acceptors (Lipinski definition) is 20. The molecule has 0 spiro atoms. The third-order valence-corrected chi connectivity index (χ3v) is 22.0. The summed E-state index contributed by atoms with van der Waals surface area (Å²) in [5, 5.41) is 51.3. The van der Waals surface area contributed by atoms with E-state index in [0.717, 1.165) is 113 Å². The van der Waals surface area contributed by atoms with Crippen molar-refractivity contribution in [2.24, 2.45) is 20.7 Å². The second-order valence-corrected chi connectivity index (χ2v) is 32.8. The molecule has 3 amide bonds. The number of aliphatic hydroxyl groups is 3. The number of carboxylic acid groups (broad SMARTS) is 1. The molecule has 116 heavy (non-hydrogen) atoms. The van der Waals surface area contributed by atoms with Gasteiger partial charge in [0.2, 0.25) is 55.1 Å². The van der Waals surface area contributed by atoms with E-state index in [2.05, 4.69) is 53.9 Å². The second kappa shape index (κ2) is 47.9. The topological polar surface area (TPSA) is 418 Å². The lowest BCUT2D eigenvalue weighted by atomic mass is 9.74. The molecule has 6 aromatic carbocycles. The number of aliphatic carboxylic acids is 1. The van der Waals surface area contributed by atoms with Crippen molar-refractivity contribution < 1.29 is 92.9 Å². The Morgan fingerprint density at radius 3 is 1.25 bits per heavy atom. The average Bonchev–Trinajstić information content (AvgIpc) is 1.48. The van der Waals surface area contributed by atoms with E-state index in [1.54, 1.807) is 24.3 Å². The number of carbonyl (C=O) groups excluding carboxylic acids is 4. The Bertz CT molecular complexity index is 4920. The monoisotopic (exact) mass is 1730 g/mol. The molecule has 1 radical (unpaired) electrons. The summed E-state index contributed by atoms with van der Waals surface area (Å²) in [4.78, 5) is 79.1. The first-order valence-corrected chi connectivity index (χ1v) is 42.9. The zero-order valence-corrected chi connectivity index (χ0v) is 69.9. The van der Waals surface area contributed by atoms with E-state index in [0.29, 0.717) is 90.5 Å². The van der Waals surface area contributed by atoms with Crippen LogP contribution in [0.2, 0.25) is 6.32 Å². The number of carboxylic acids is 1. The van der Waals surface area contributed by atoms with E-state index in [1.165, 1.54) is 37.6 Å². The van der Waals surface area contributed by atoms with Gasteiger partial charge in [-0.15, -0.1) is 0 Å². The third kappa shape index (κ3) is 30.4. The predicted octanol–water partition coefficient (Wildman–Crippen LogP) is 9.74. The maximum Gasteiger partial charge on any atom is 0.490 e. The Balaban J connectivity index is 0.000000278. The number of sulfonamides is 3. The molecule has 3 heterocycles. The van der Waals surface area contributed by atoms with Crippen molar-refractivity contribution >= 4 is 148 Å². The molecule has 0 saturated heterocycles. The molecule has 625 valence electrons. The minimum atomic E-state index is -5.08. The maximum absolute atomic E-state index is 13.4. The van der Waals surface area contributed by atoms with Gasteiger partial charge in [-0.2, -0.15) is 13.2 Å².